The average molecular weight is 499 g/mol. The van der Waals surface area contributed by atoms with Crippen LogP contribution in [0.3, 0.4) is 0 Å². The first-order valence-electron chi connectivity index (χ1n) is 12.2. The number of methoxy groups -OCH3 is 1. The van der Waals surface area contributed by atoms with Crippen LogP contribution < -0.4 is 14.5 Å². The minimum Gasteiger partial charge on any atom is -0.497 e. The average Bonchev–Trinajstić information content (AvgIpc) is 3.57. The number of quaternary nitrogens is 1. The summed E-state index contributed by atoms with van der Waals surface area (Å²) in [7, 11) is 1.69. The van der Waals surface area contributed by atoms with Gasteiger partial charge in [0.05, 0.1) is 50.1 Å². The van der Waals surface area contributed by atoms with Gasteiger partial charge in [-0.1, -0.05) is 53.8 Å². The third kappa shape index (κ3) is 4.55. The summed E-state index contributed by atoms with van der Waals surface area (Å²) in [6, 6.07) is 27.0. The highest BCUT2D eigenvalue weighted by molar-refractivity contribution is 7.22. The summed E-state index contributed by atoms with van der Waals surface area (Å²) in [5, 5.41) is 14.1. The standard InChI is InChI=1S/C27H27N7OS/c1-35-22-13-11-21(12-14-22)25(26-29-30-31-34(26)19-20-7-3-2-4-8-20)32-15-17-33(18-16-32)27-28-23-9-5-6-10-24(23)36-27/h2-14,25H,15-19H2,1H3/p+1/t25-/m1/s1. The van der Waals surface area contributed by atoms with Gasteiger partial charge in [0.25, 0.3) is 0 Å². The summed E-state index contributed by atoms with van der Waals surface area (Å²) in [5.41, 5.74) is 3.43. The molecule has 1 N–H and O–H groups in total. The van der Waals surface area contributed by atoms with E-state index >= 15 is 0 Å². The van der Waals surface area contributed by atoms with Gasteiger partial charge >= 0.3 is 0 Å². The molecule has 1 atom stereocenters. The van der Waals surface area contributed by atoms with Gasteiger partial charge in [0.2, 0.25) is 5.82 Å². The van der Waals surface area contributed by atoms with Crippen molar-refractivity contribution in [3.8, 4) is 5.75 Å². The molecule has 3 heterocycles. The fourth-order valence-electron chi connectivity index (χ4n) is 4.92. The zero-order chi connectivity index (χ0) is 24.3. The van der Waals surface area contributed by atoms with Crippen LogP contribution >= 0.6 is 11.3 Å². The van der Waals surface area contributed by atoms with Crippen LogP contribution in [0.15, 0.2) is 78.9 Å². The van der Waals surface area contributed by atoms with Crippen molar-refractivity contribution in [3.63, 3.8) is 0 Å². The molecule has 1 aliphatic rings. The second-order valence-electron chi connectivity index (χ2n) is 9.00. The van der Waals surface area contributed by atoms with E-state index in [1.54, 1.807) is 18.4 Å². The molecule has 0 aliphatic carbocycles. The molecule has 2 aromatic heterocycles. The number of aromatic nitrogens is 5. The molecule has 0 amide bonds. The molecule has 0 bridgehead atoms. The molecule has 1 fully saturated rings. The maximum Gasteiger partial charge on any atom is 0.214 e. The van der Waals surface area contributed by atoms with E-state index in [9.17, 15) is 0 Å². The molecule has 36 heavy (non-hydrogen) atoms. The topological polar surface area (TPSA) is 73.4 Å². The number of thiazole rings is 1. The minimum absolute atomic E-state index is 0.0205. The van der Waals surface area contributed by atoms with Crippen LogP contribution in [0.2, 0.25) is 0 Å². The summed E-state index contributed by atoms with van der Waals surface area (Å²) in [6.45, 7) is 4.43. The van der Waals surface area contributed by atoms with E-state index in [4.69, 9.17) is 9.72 Å². The monoisotopic (exact) mass is 498 g/mol. The van der Waals surface area contributed by atoms with Crippen LogP contribution in [0.5, 0.6) is 5.75 Å². The Hall–Kier alpha value is -3.82. The van der Waals surface area contributed by atoms with Crippen molar-refractivity contribution in [2.45, 2.75) is 12.6 Å². The molecule has 0 radical (unpaired) electrons. The number of anilines is 1. The largest absolute Gasteiger partial charge is 0.497 e. The lowest BCUT2D eigenvalue weighted by Gasteiger charge is -2.36. The van der Waals surface area contributed by atoms with Gasteiger partial charge in [0.1, 0.15) is 5.75 Å². The number of piperazine rings is 1. The van der Waals surface area contributed by atoms with Crippen LogP contribution in [0.1, 0.15) is 23.0 Å². The summed E-state index contributed by atoms with van der Waals surface area (Å²) in [4.78, 5) is 8.73. The maximum atomic E-state index is 5.41. The third-order valence-electron chi connectivity index (χ3n) is 6.81. The van der Waals surface area contributed by atoms with Crippen molar-refractivity contribution >= 4 is 26.7 Å². The fraction of sp³-hybridized carbons (Fsp3) is 0.259. The van der Waals surface area contributed by atoms with Crippen molar-refractivity contribution in [2.75, 3.05) is 38.2 Å². The number of ether oxygens (including phenoxy) is 1. The van der Waals surface area contributed by atoms with Crippen LogP contribution in [0, 0.1) is 0 Å². The Labute approximate surface area is 213 Å². The number of tetrazole rings is 1. The number of rotatable bonds is 7. The summed E-state index contributed by atoms with van der Waals surface area (Å²) in [6.07, 6.45) is 0. The first-order valence-corrected chi connectivity index (χ1v) is 13.0. The Morgan fingerprint density at radius 1 is 0.944 bits per heavy atom. The van der Waals surface area contributed by atoms with E-state index in [0.29, 0.717) is 6.54 Å². The summed E-state index contributed by atoms with van der Waals surface area (Å²) < 4.78 is 8.59. The van der Waals surface area contributed by atoms with Gasteiger partial charge in [-0.05, 0) is 52.4 Å². The molecule has 1 saturated heterocycles. The van der Waals surface area contributed by atoms with Gasteiger partial charge < -0.3 is 14.5 Å². The predicted molar refractivity (Wildman–Crippen MR) is 141 cm³/mol. The van der Waals surface area contributed by atoms with E-state index in [1.807, 2.05) is 41.1 Å². The summed E-state index contributed by atoms with van der Waals surface area (Å²) >= 11 is 1.77. The molecular weight excluding hydrogens is 470 g/mol. The van der Waals surface area contributed by atoms with Crippen molar-refractivity contribution < 1.29 is 9.64 Å². The molecule has 6 rings (SSSR count). The van der Waals surface area contributed by atoms with Crippen LogP contribution in [0.4, 0.5) is 5.13 Å². The molecule has 5 aromatic rings. The van der Waals surface area contributed by atoms with Gasteiger partial charge in [0, 0.05) is 5.56 Å². The zero-order valence-corrected chi connectivity index (χ0v) is 20.9. The highest BCUT2D eigenvalue weighted by atomic mass is 32.1. The smallest absolute Gasteiger partial charge is 0.214 e. The Morgan fingerprint density at radius 3 is 2.44 bits per heavy atom. The summed E-state index contributed by atoms with van der Waals surface area (Å²) in [5.74, 6) is 1.73. The number of nitrogens with zero attached hydrogens (tertiary/aromatic N) is 6. The van der Waals surface area contributed by atoms with Gasteiger partial charge in [0.15, 0.2) is 11.2 Å². The van der Waals surface area contributed by atoms with E-state index in [2.05, 4.69) is 62.9 Å². The number of nitrogens with one attached hydrogen (secondary N) is 1. The minimum atomic E-state index is 0.0205. The van der Waals surface area contributed by atoms with Crippen molar-refractivity contribution in [1.82, 2.24) is 25.2 Å². The molecule has 0 saturated carbocycles. The number of hydrogen-bond donors (Lipinski definition) is 1. The van der Waals surface area contributed by atoms with Crippen molar-refractivity contribution in [3.05, 3.63) is 95.8 Å². The molecule has 9 heteroatoms. The second kappa shape index (κ2) is 10.0. The Balaban J connectivity index is 1.28. The molecule has 8 nitrogen and oxygen atoms in total. The molecular formula is C27H28N7OS+. The number of benzene rings is 3. The SMILES string of the molecule is COc1ccc([C@H](c2nnnn2Cc2ccccc2)[NH+]2CCN(c3nc4ccccc4s3)CC2)cc1. The maximum absolute atomic E-state index is 5.41. The predicted octanol–water partition coefficient (Wildman–Crippen LogP) is 2.83. The van der Waals surface area contributed by atoms with Crippen LogP contribution in [-0.4, -0.2) is 58.5 Å². The van der Waals surface area contributed by atoms with E-state index in [-0.39, 0.29) is 6.04 Å². The van der Waals surface area contributed by atoms with E-state index in [0.717, 1.165) is 48.4 Å². The Kier molecular flexibility index (Phi) is 6.31. The molecule has 1 aliphatic heterocycles. The lowest BCUT2D eigenvalue weighted by atomic mass is 10.0. The highest BCUT2D eigenvalue weighted by Crippen LogP contribution is 2.29. The second-order valence-corrected chi connectivity index (χ2v) is 10.0. The normalized spacial score (nSPS) is 15.3. The lowest BCUT2D eigenvalue weighted by Crippen LogP contribution is -3.15. The highest BCUT2D eigenvalue weighted by Gasteiger charge is 2.35. The van der Waals surface area contributed by atoms with Gasteiger partial charge in [-0.2, -0.15) is 0 Å². The number of hydrogen-bond acceptors (Lipinski definition) is 7. The van der Waals surface area contributed by atoms with E-state index < -0.39 is 0 Å². The zero-order valence-electron chi connectivity index (χ0n) is 20.1. The lowest BCUT2D eigenvalue weighted by molar-refractivity contribution is -0.927. The van der Waals surface area contributed by atoms with Crippen LogP contribution in [-0.2, 0) is 6.54 Å². The van der Waals surface area contributed by atoms with Crippen molar-refractivity contribution in [1.29, 1.82) is 0 Å². The molecule has 182 valence electrons. The first-order chi connectivity index (χ1) is 17.8. The van der Waals surface area contributed by atoms with Crippen molar-refractivity contribution in [2.24, 2.45) is 0 Å². The third-order valence-corrected chi connectivity index (χ3v) is 7.91. The van der Waals surface area contributed by atoms with Crippen LogP contribution in [0.25, 0.3) is 10.2 Å². The first kappa shape index (κ1) is 22.6. The molecule has 3 aromatic carbocycles. The Bertz CT molecular complexity index is 1390. The number of fused-ring (bicyclic) bond motifs is 1. The van der Waals surface area contributed by atoms with Gasteiger partial charge in [-0.3, -0.25) is 0 Å². The van der Waals surface area contributed by atoms with E-state index in [1.165, 1.54) is 20.7 Å². The van der Waals surface area contributed by atoms with Gasteiger partial charge in [-0.15, -0.1) is 5.10 Å². The number of para-hydroxylation sites is 1. The van der Waals surface area contributed by atoms with Gasteiger partial charge in [-0.25, -0.2) is 9.67 Å². The molecule has 0 spiro atoms. The molecule has 0 unspecified atom stereocenters. The quantitative estimate of drug-likeness (QED) is 0.372. The Morgan fingerprint density at radius 2 is 1.69 bits per heavy atom. The fourth-order valence-corrected chi connectivity index (χ4v) is 5.94.